The second-order valence-electron chi connectivity index (χ2n) is 5.47. The van der Waals surface area contributed by atoms with Gasteiger partial charge in [0.2, 0.25) is 0 Å². The predicted octanol–water partition coefficient (Wildman–Crippen LogP) is 0.408. The van der Waals surface area contributed by atoms with Gasteiger partial charge in [0.15, 0.2) is 0 Å². The first-order chi connectivity index (χ1) is 9.92. The Morgan fingerprint density at radius 1 is 1.19 bits per heavy atom. The van der Waals surface area contributed by atoms with Crippen molar-refractivity contribution >= 4 is 10.0 Å². The zero-order valence-electron chi connectivity index (χ0n) is 12.8. The first-order valence-electron chi connectivity index (χ1n) is 7.15. The molecule has 0 aliphatic carbocycles. The molecule has 0 bridgehead atoms. The number of hydrogen-bond acceptors (Lipinski definition) is 5. The van der Waals surface area contributed by atoms with Crippen molar-refractivity contribution < 1.29 is 8.42 Å². The van der Waals surface area contributed by atoms with E-state index in [1.165, 1.54) is 0 Å². The van der Waals surface area contributed by atoms with Crippen molar-refractivity contribution in [1.29, 1.82) is 0 Å². The maximum Gasteiger partial charge on any atom is 0.253 e. The lowest BCUT2D eigenvalue weighted by atomic mass is 10.1. The number of nitrogens with one attached hydrogen (secondary N) is 2. The molecule has 2 N–H and O–H groups in total. The van der Waals surface area contributed by atoms with Crippen molar-refractivity contribution in [2.24, 2.45) is 0 Å². The van der Waals surface area contributed by atoms with Crippen molar-refractivity contribution in [2.75, 3.05) is 40.3 Å². The Bertz CT molecular complexity index is 568. The summed E-state index contributed by atoms with van der Waals surface area (Å²) in [6.45, 7) is 5.11. The van der Waals surface area contributed by atoms with E-state index in [2.05, 4.69) is 15.0 Å². The molecule has 1 atom stereocenters. The third-order valence-electron chi connectivity index (χ3n) is 3.85. The van der Waals surface area contributed by atoms with Crippen molar-refractivity contribution in [3.63, 3.8) is 0 Å². The van der Waals surface area contributed by atoms with Gasteiger partial charge in [0.25, 0.3) is 10.0 Å². The van der Waals surface area contributed by atoms with Crippen LogP contribution in [0.25, 0.3) is 0 Å². The van der Waals surface area contributed by atoms with Gasteiger partial charge in [0.05, 0.1) is 4.90 Å². The van der Waals surface area contributed by atoms with E-state index in [0.717, 1.165) is 18.7 Å². The van der Waals surface area contributed by atoms with Gasteiger partial charge in [-0.3, -0.25) is 0 Å². The number of sulfonamides is 1. The smallest absolute Gasteiger partial charge is 0.253 e. The average Bonchev–Trinajstić information content (AvgIpc) is 2.49. The van der Waals surface area contributed by atoms with Gasteiger partial charge in [0.1, 0.15) is 0 Å². The summed E-state index contributed by atoms with van der Waals surface area (Å²) in [5.41, 5.74) is 0.957. The molecule has 0 saturated carbocycles. The highest BCUT2D eigenvalue weighted by Crippen LogP contribution is 2.17. The molecule has 0 aromatic heterocycles. The third kappa shape index (κ3) is 4.24. The molecular formula is C14H24N4O2S. The molecule has 1 fully saturated rings. The summed E-state index contributed by atoms with van der Waals surface area (Å²) in [4.78, 5) is 5.16. The quantitative estimate of drug-likeness (QED) is 0.824. The molecule has 6 nitrogen and oxygen atoms in total. The van der Waals surface area contributed by atoms with Crippen LogP contribution in [0.5, 0.6) is 0 Å². The highest BCUT2D eigenvalue weighted by atomic mass is 32.2. The molecule has 1 heterocycles. The molecule has 1 aliphatic heterocycles. The molecule has 1 aromatic rings. The van der Waals surface area contributed by atoms with Crippen LogP contribution in [0.15, 0.2) is 29.2 Å². The van der Waals surface area contributed by atoms with Gasteiger partial charge in [0, 0.05) is 32.2 Å². The lowest BCUT2D eigenvalue weighted by Gasteiger charge is -2.32. The standard InChI is InChI=1S/C14H24N4O2S/c1-12(15-2)13-5-4-6-14(11-13)21(19,20)16-18-9-7-17(3)8-10-18/h4-6,11-12,15-16H,7-10H2,1-3H3. The van der Waals surface area contributed by atoms with E-state index in [9.17, 15) is 8.42 Å². The zero-order valence-corrected chi connectivity index (χ0v) is 13.7. The maximum absolute atomic E-state index is 12.5. The van der Waals surface area contributed by atoms with E-state index in [1.807, 2.05) is 27.1 Å². The number of likely N-dealkylation sites (N-methyl/N-ethyl adjacent to an activating group) is 1. The molecule has 0 amide bonds. The van der Waals surface area contributed by atoms with Gasteiger partial charge < -0.3 is 10.2 Å². The average molecular weight is 312 g/mol. The number of piperazine rings is 1. The Balaban J connectivity index is 2.12. The van der Waals surface area contributed by atoms with Crippen LogP contribution in [0, 0.1) is 0 Å². The topological polar surface area (TPSA) is 64.7 Å². The van der Waals surface area contributed by atoms with Gasteiger partial charge in [-0.25, -0.2) is 13.4 Å². The third-order valence-corrected chi connectivity index (χ3v) is 5.23. The Kier molecular flexibility index (Phi) is 5.34. The minimum Gasteiger partial charge on any atom is -0.313 e. The summed E-state index contributed by atoms with van der Waals surface area (Å²) in [7, 11) is 0.380. The van der Waals surface area contributed by atoms with E-state index in [1.54, 1.807) is 23.2 Å². The lowest BCUT2D eigenvalue weighted by Crippen LogP contribution is -2.52. The fourth-order valence-electron chi connectivity index (χ4n) is 2.24. The van der Waals surface area contributed by atoms with E-state index in [-0.39, 0.29) is 6.04 Å². The van der Waals surface area contributed by atoms with Crippen molar-refractivity contribution in [1.82, 2.24) is 20.1 Å². The van der Waals surface area contributed by atoms with Crippen LogP contribution in [0.1, 0.15) is 18.5 Å². The molecule has 1 aromatic carbocycles. The van der Waals surface area contributed by atoms with Crippen molar-refractivity contribution in [3.05, 3.63) is 29.8 Å². The van der Waals surface area contributed by atoms with Crippen LogP contribution < -0.4 is 10.1 Å². The van der Waals surface area contributed by atoms with Crippen molar-refractivity contribution in [2.45, 2.75) is 17.9 Å². The Hall–Kier alpha value is -0.990. The summed E-state index contributed by atoms with van der Waals surface area (Å²) in [6, 6.07) is 7.17. The van der Waals surface area contributed by atoms with Crippen LogP contribution in [-0.4, -0.2) is 58.6 Å². The number of benzene rings is 1. The van der Waals surface area contributed by atoms with Crippen LogP contribution in [-0.2, 0) is 10.0 Å². The summed E-state index contributed by atoms with van der Waals surface area (Å²) in [5.74, 6) is 0. The largest absolute Gasteiger partial charge is 0.313 e. The van der Waals surface area contributed by atoms with E-state index < -0.39 is 10.0 Å². The fraction of sp³-hybridized carbons (Fsp3) is 0.571. The molecule has 0 spiro atoms. The summed E-state index contributed by atoms with van der Waals surface area (Å²) in [5, 5.41) is 4.88. The Morgan fingerprint density at radius 3 is 2.48 bits per heavy atom. The van der Waals surface area contributed by atoms with Gasteiger partial charge in [-0.1, -0.05) is 12.1 Å². The first kappa shape index (κ1) is 16.4. The highest BCUT2D eigenvalue weighted by molar-refractivity contribution is 7.89. The molecule has 1 saturated heterocycles. The van der Waals surface area contributed by atoms with Gasteiger partial charge in [-0.15, -0.1) is 4.83 Å². The minimum absolute atomic E-state index is 0.115. The first-order valence-corrected chi connectivity index (χ1v) is 8.64. The van der Waals surface area contributed by atoms with Crippen LogP contribution in [0.2, 0.25) is 0 Å². The van der Waals surface area contributed by atoms with Crippen molar-refractivity contribution in [3.8, 4) is 0 Å². The van der Waals surface area contributed by atoms with Gasteiger partial charge in [-0.2, -0.15) is 0 Å². The lowest BCUT2D eigenvalue weighted by molar-refractivity contribution is 0.135. The van der Waals surface area contributed by atoms with Crippen LogP contribution in [0.3, 0.4) is 0 Å². The second kappa shape index (κ2) is 6.85. The molecule has 21 heavy (non-hydrogen) atoms. The predicted molar refractivity (Wildman–Crippen MR) is 83.3 cm³/mol. The maximum atomic E-state index is 12.5. The highest BCUT2D eigenvalue weighted by Gasteiger charge is 2.21. The Labute approximate surface area is 127 Å². The summed E-state index contributed by atoms with van der Waals surface area (Å²) >= 11 is 0. The molecule has 118 valence electrons. The number of rotatable bonds is 5. The van der Waals surface area contributed by atoms with Gasteiger partial charge in [-0.05, 0) is 38.7 Å². The van der Waals surface area contributed by atoms with Gasteiger partial charge >= 0.3 is 0 Å². The molecule has 7 heteroatoms. The van der Waals surface area contributed by atoms with E-state index in [4.69, 9.17) is 0 Å². The Morgan fingerprint density at radius 2 is 1.86 bits per heavy atom. The summed E-state index contributed by atoms with van der Waals surface area (Å²) < 4.78 is 24.9. The van der Waals surface area contributed by atoms with Crippen LogP contribution >= 0.6 is 0 Å². The monoisotopic (exact) mass is 312 g/mol. The normalized spacial score (nSPS) is 19.6. The zero-order chi connectivity index (χ0) is 15.5. The van der Waals surface area contributed by atoms with E-state index in [0.29, 0.717) is 18.0 Å². The molecular weight excluding hydrogens is 288 g/mol. The van der Waals surface area contributed by atoms with E-state index >= 15 is 0 Å². The summed E-state index contributed by atoms with van der Waals surface area (Å²) in [6.07, 6.45) is 0. The van der Waals surface area contributed by atoms with Crippen LogP contribution in [0.4, 0.5) is 0 Å². The molecule has 2 rings (SSSR count). The second-order valence-corrected chi connectivity index (χ2v) is 7.13. The number of nitrogens with zero attached hydrogens (tertiary/aromatic N) is 2. The molecule has 0 radical (unpaired) electrons. The number of hydrazine groups is 1. The molecule has 1 unspecified atom stereocenters. The number of hydrogen-bond donors (Lipinski definition) is 2. The fourth-order valence-corrected chi connectivity index (χ4v) is 3.41. The minimum atomic E-state index is -3.51. The molecule has 1 aliphatic rings. The SMILES string of the molecule is CNC(C)c1cccc(S(=O)(=O)NN2CCN(C)CC2)c1.